The van der Waals surface area contributed by atoms with Crippen molar-refractivity contribution in [2.45, 2.75) is 31.3 Å². The molecule has 1 aromatic heterocycles. The second kappa shape index (κ2) is 9.24. The van der Waals surface area contributed by atoms with Gasteiger partial charge in [-0.1, -0.05) is 72.8 Å². The van der Waals surface area contributed by atoms with E-state index in [1.54, 1.807) is 16.8 Å². The Kier molecular flexibility index (Phi) is 5.85. The van der Waals surface area contributed by atoms with Crippen LogP contribution < -0.4 is 10.6 Å². The van der Waals surface area contributed by atoms with Crippen LogP contribution >= 0.6 is 0 Å². The minimum atomic E-state index is -0.280. The summed E-state index contributed by atoms with van der Waals surface area (Å²) in [5, 5.41) is 10.8. The summed E-state index contributed by atoms with van der Waals surface area (Å²) in [4.78, 5) is 17.1. The van der Waals surface area contributed by atoms with Crippen molar-refractivity contribution in [3.05, 3.63) is 107 Å². The Bertz CT molecular complexity index is 1220. The summed E-state index contributed by atoms with van der Waals surface area (Å²) in [5.74, 6) is 0.413. The first-order valence-electron chi connectivity index (χ1n) is 11.0. The maximum Gasteiger partial charge on any atom is 0.250 e. The number of amides is 1. The number of halogens is 1. The van der Waals surface area contributed by atoms with Gasteiger partial charge < -0.3 is 5.32 Å². The number of carbonyl (C=O) groups excluding carboxylic acids is 1. The van der Waals surface area contributed by atoms with Gasteiger partial charge in [0.25, 0.3) is 5.95 Å². The second-order valence-electron chi connectivity index (χ2n) is 8.15. The van der Waals surface area contributed by atoms with Crippen LogP contribution in [0.15, 0.2) is 84.9 Å². The molecule has 6 nitrogen and oxygen atoms in total. The van der Waals surface area contributed by atoms with E-state index in [1.807, 2.05) is 48.5 Å². The molecule has 0 unspecified atom stereocenters. The Balaban J connectivity index is 1.38. The van der Waals surface area contributed by atoms with Crippen LogP contribution in [0.2, 0.25) is 0 Å². The molecule has 1 amide bonds. The Hall–Kier alpha value is -4.00. The molecule has 0 saturated carbocycles. The van der Waals surface area contributed by atoms with Crippen molar-refractivity contribution in [1.82, 2.24) is 14.8 Å². The zero-order chi connectivity index (χ0) is 22.6. The third kappa shape index (κ3) is 4.77. The molecule has 1 aliphatic rings. The van der Waals surface area contributed by atoms with E-state index in [0.717, 1.165) is 16.7 Å². The van der Waals surface area contributed by atoms with Crippen LogP contribution in [-0.4, -0.2) is 20.7 Å². The molecule has 7 heteroatoms. The van der Waals surface area contributed by atoms with Crippen LogP contribution in [0.5, 0.6) is 0 Å². The molecular weight excluding hydrogens is 417 g/mol. The van der Waals surface area contributed by atoms with Crippen LogP contribution in [0.25, 0.3) is 0 Å². The molecule has 2 atom stereocenters. The average Bonchev–Trinajstić information content (AvgIpc) is 3.26. The zero-order valence-corrected chi connectivity index (χ0v) is 18.0. The Morgan fingerprint density at radius 1 is 0.970 bits per heavy atom. The number of hydrogen-bond donors (Lipinski definition) is 2. The molecule has 2 N–H and O–H groups in total. The molecule has 166 valence electrons. The predicted molar refractivity (Wildman–Crippen MR) is 125 cm³/mol. The number of carbonyl (C=O) groups is 1. The fraction of sp³-hybridized carbons (Fsp3) is 0.192. The van der Waals surface area contributed by atoms with Gasteiger partial charge in [-0.25, -0.2) is 9.07 Å². The lowest BCUT2D eigenvalue weighted by atomic mass is 9.93. The maximum absolute atomic E-state index is 13.5. The van der Waals surface area contributed by atoms with E-state index >= 15 is 0 Å². The second-order valence-corrected chi connectivity index (χ2v) is 8.15. The van der Waals surface area contributed by atoms with Crippen LogP contribution in [0.4, 0.5) is 16.3 Å². The molecule has 0 radical (unpaired) electrons. The monoisotopic (exact) mass is 441 g/mol. The lowest BCUT2D eigenvalue weighted by molar-refractivity contribution is -0.116. The maximum atomic E-state index is 13.5. The predicted octanol–water partition coefficient (Wildman–Crippen LogP) is 5.13. The van der Waals surface area contributed by atoms with E-state index in [9.17, 15) is 9.18 Å². The Labute approximate surface area is 191 Å². The van der Waals surface area contributed by atoms with Crippen LogP contribution in [0.1, 0.15) is 41.6 Å². The average molecular weight is 442 g/mol. The molecule has 4 aromatic rings. The first kappa shape index (κ1) is 20.9. The number of hydrogen-bond acceptors (Lipinski definition) is 4. The minimum Gasteiger partial charge on any atom is -0.347 e. The lowest BCUT2D eigenvalue weighted by Crippen LogP contribution is -2.28. The zero-order valence-electron chi connectivity index (χ0n) is 18.0. The van der Waals surface area contributed by atoms with Gasteiger partial charge in [0.2, 0.25) is 11.9 Å². The number of rotatable bonds is 6. The minimum absolute atomic E-state index is 0.0135. The number of benzene rings is 3. The molecule has 2 heterocycles. The fourth-order valence-electron chi connectivity index (χ4n) is 4.19. The SMILES string of the molecule is O=C(CCc1ccccc1)Nc1nc2n(n1)[C@H](c1ccc(F)cc1)C[C@@H](c1ccccc1)N2. The summed E-state index contributed by atoms with van der Waals surface area (Å²) in [6.07, 6.45) is 1.70. The van der Waals surface area contributed by atoms with Crippen LogP contribution in [0.3, 0.4) is 0 Å². The van der Waals surface area contributed by atoms with E-state index in [-0.39, 0.29) is 29.8 Å². The highest BCUT2D eigenvalue weighted by molar-refractivity contribution is 5.89. The molecule has 0 saturated heterocycles. The highest BCUT2D eigenvalue weighted by Gasteiger charge is 2.31. The Morgan fingerprint density at radius 2 is 1.67 bits per heavy atom. The number of aryl methyl sites for hydroxylation is 1. The van der Waals surface area contributed by atoms with Gasteiger partial charge in [0.05, 0.1) is 12.1 Å². The normalized spacial score (nSPS) is 17.1. The van der Waals surface area contributed by atoms with Crippen molar-refractivity contribution in [1.29, 1.82) is 0 Å². The summed E-state index contributed by atoms with van der Waals surface area (Å²) >= 11 is 0. The number of nitrogens with zero attached hydrogens (tertiary/aromatic N) is 3. The van der Waals surface area contributed by atoms with Gasteiger partial charge >= 0.3 is 0 Å². The van der Waals surface area contributed by atoms with Gasteiger partial charge in [-0.15, -0.1) is 5.10 Å². The molecule has 5 rings (SSSR count). The molecule has 3 aromatic carbocycles. The molecule has 0 spiro atoms. The summed E-state index contributed by atoms with van der Waals surface area (Å²) in [7, 11) is 0. The quantitative estimate of drug-likeness (QED) is 0.435. The van der Waals surface area contributed by atoms with Gasteiger partial charge in [0, 0.05) is 6.42 Å². The van der Waals surface area contributed by atoms with Gasteiger partial charge in [0.1, 0.15) is 5.82 Å². The first-order valence-corrected chi connectivity index (χ1v) is 11.0. The van der Waals surface area contributed by atoms with Crippen molar-refractivity contribution >= 4 is 17.8 Å². The van der Waals surface area contributed by atoms with Crippen molar-refractivity contribution in [3.63, 3.8) is 0 Å². The summed E-state index contributed by atoms with van der Waals surface area (Å²) in [6.45, 7) is 0. The number of aromatic nitrogens is 3. The van der Waals surface area contributed by atoms with Crippen molar-refractivity contribution in [2.75, 3.05) is 10.6 Å². The van der Waals surface area contributed by atoms with Gasteiger partial charge in [0.15, 0.2) is 0 Å². The smallest absolute Gasteiger partial charge is 0.250 e. The van der Waals surface area contributed by atoms with Crippen molar-refractivity contribution in [2.24, 2.45) is 0 Å². The van der Waals surface area contributed by atoms with Crippen molar-refractivity contribution < 1.29 is 9.18 Å². The lowest BCUT2D eigenvalue weighted by Gasteiger charge is -2.31. The van der Waals surface area contributed by atoms with E-state index in [0.29, 0.717) is 25.2 Å². The Morgan fingerprint density at radius 3 is 2.39 bits per heavy atom. The van der Waals surface area contributed by atoms with E-state index < -0.39 is 0 Å². The van der Waals surface area contributed by atoms with E-state index in [1.165, 1.54) is 12.1 Å². The molecule has 1 aliphatic heterocycles. The highest BCUT2D eigenvalue weighted by Crippen LogP contribution is 2.38. The number of nitrogens with one attached hydrogen (secondary N) is 2. The molecule has 0 aliphatic carbocycles. The van der Waals surface area contributed by atoms with E-state index in [2.05, 4.69) is 32.8 Å². The third-order valence-electron chi connectivity index (χ3n) is 5.88. The van der Waals surface area contributed by atoms with Gasteiger partial charge in [-0.2, -0.15) is 4.98 Å². The molecule has 0 fully saturated rings. The third-order valence-corrected chi connectivity index (χ3v) is 5.88. The summed E-state index contributed by atoms with van der Waals surface area (Å²) in [5.41, 5.74) is 3.17. The van der Waals surface area contributed by atoms with Crippen molar-refractivity contribution in [3.8, 4) is 0 Å². The molecule has 33 heavy (non-hydrogen) atoms. The molecular formula is C26H24FN5O. The first-order chi connectivity index (χ1) is 16.2. The molecule has 0 bridgehead atoms. The number of fused-ring (bicyclic) bond motifs is 1. The van der Waals surface area contributed by atoms with Crippen LogP contribution in [0, 0.1) is 5.82 Å². The topological polar surface area (TPSA) is 71.8 Å². The fourth-order valence-corrected chi connectivity index (χ4v) is 4.19. The van der Waals surface area contributed by atoms with Crippen LogP contribution in [-0.2, 0) is 11.2 Å². The largest absolute Gasteiger partial charge is 0.347 e. The van der Waals surface area contributed by atoms with E-state index in [4.69, 9.17) is 0 Å². The summed E-state index contributed by atoms with van der Waals surface area (Å²) < 4.78 is 15.3. The number of anilines is 2. The van der Waals surface area contributed by atoms with Gasteiger partial charge in [-0.05, 0) is 41.7 Å². The standard InChI is InChI=1S/C26H24FN5O/c27-21-14-12-20(13-15-21)23-17-22(19-9-5-2-6-10-19)28-26-30-25(31-32(23)26)29-24(33)16-11-18-7-3-1-4-8-18/h1-10,12-15,22-23H,11,16-17H2,(H2,28,29,30,31,33)/t22-,23-/m0/s1. The van der Waals surface area contributed by atoms with Gasteiger partial charge in [-0.3, -0.25) is 10.1 Å². The summed E-state index contributed by atoms with van der Waals surface area (Å²) in [6, 6.07) is 26.3. The highest BCUT2D eigenvalue weighted by atomic mass is 19.1.